The molecule has 0 amide bonds. The Kier molecular flexibility index (Phi) is 2.29. The van der Waals surface area contributed by atoms with Gasteiger partial charge in [0.25, 0.3) is 0 Å². The maximum Gasteiger partial charge on any atom is -0.00716 e. The Labute approximate surface area is 56.9 Å². The van der Waals surface area contributed by atoms with Crippen molar-refractivity contribution >= 4 is 0 Å². The minimum absolute atomic E-state index is 0.759. The number of nitrogens with two attached hydrogens (primary N) is 1. The molecule has 1 nitrogen and oxygen atoms in total. The van der Waals surface area contributed by atoms with Crippen molar-refractivity contribution < 1.29 is 0 Å². The largest absolute Gasteiger partial charge is 0.330 e. The molecule has 0 aromatic rings. The van der Waals surface area contributed by atoms with Gasteiger partial charge < -0.3 is 5.73 Å². The highest BCUT2D eigenvalue weighted by Gasteiger charge is 2.17. The van der Waals surface area contributed by atoms with Crippen LogP contribution in [0.2, 0.25) is 0 Å². The van der Waals surface area contributed by atoms with E-state index in [-0.39, 0.29) is 0 Å². The molecule has 0 bridgehead atoms. The lowest BCUT2D eigenvalue weighted by atomic mass is 10.0. The molecule has 1 heteroatoms. The van der Waals surface area contributed by atoms with Crippen molar-refractivity contribution in [2.24, 2.45) is 11.7 Å². The Morgan fingerprint density at radius 3 is 2.89 bits per heavy atom. The quantitative estimate of drug-likeness (QED) is 0.558. The van der Waals surface area contributed by atoms with Crippen molar-refractivity contribution in [2.45, 2.75) is 25.7 Å². The summed E-state index contributed by atoms with van der Waals surface area (Å²) >= 11 is 0. The van der Waals surface area contributed by atoms with Crippen LogP contribution in [0, 0.1) is 5.92 Å². The molecule has 1 atom stereocenters. The summed E-state index contributed by atoms with van der Waals surface area (Å²) in [5.41, 5.74) is 6.86. The molecule has 0 radical (unpaired) electrons. The topological polar surface area (TPSA) is 26.0 Å². The first kappa shape index (κ1) is 6.81. The molecule has 1 fully saturated rings. The van der Waals surface area contributed by atoms with Crippen molar-refractivity contribution in [3.8, 4) is 0 Å². The Hall–Kier alpha value is -0.300. The van der Waals surface area contributed by atoms with Gasteiger partial charge >= 0.3 is 0 Å². The molecule has 0 aromatic heterocycles. The number of hydrogen-bond donors (Lipinski definition) is 1. The normalized spacial score (nSPS) is 27.2. The molecule has 0 heterocycles. The lowest BCUT2D eigenvalue weighted by Crippen LogP contribution is -2.06. The highest BCUT2D eigenvalue weighted by Crippen LogP contribution is 2.31. The van der Waals surface area contributed by atoms with Crippen LogP contribution in [0.15, 0.2) is 12.2 Å². The zero-order valence-electron chi connectivity index (χ0n) is 5.90. The van der Waals surface area contributed by atoms with Crippen molar-refractivity contribution in [1.29, 1.82) is 0 Å². The molecular formula is C8H15N. The maximum absolute atomic E-state index is 5.43. The van der Waals surface area contributed by atoms with E-state index in [4.69, 9.17) is 5.73 Å². The Morgan fingerprint density at radius 1 is 1.67 bits per heavy atom. The molecule has 0 spiro atoms. The standard InChI is InChI=1S/C8H15N/c1-7-3-2-4-8(7)5-6-9/h8H,1-6,9H2. The fourth-order valence-corrected chi connectivity index (χ4v) is 1.53. The monoisotopic (exact) mass is 125 g/mol. The molecule has 1 aliphatic carbocycles. The second-order valence-corrected chi connectivity index (χ2v) is 2.82. The van der Waals surface area contributed by atoms with E-state index in [2.05, 4.69) is 6.58 Å². The predicted molar refractivity (Wildman–Crippen MR) is 40.2 cm³/mol. The summed E-state index contributed by atoms with van der Waals surface area (Å²) in [4.78, 5) is 0. The van der Waals surface area contributed by atoms with Gasteiger partial charge in [-0.15, -0.1) is 0 Å². The lowest BCUT2D eigenvalue weighted by Gasteiger charge is -2.06. The summed E-state index contributed by atoms with van der Waals surface area (Å²) in [5, 5.41) is 0. The Bertz CT molecular complexity index is 107. The van der Waals surface area contributed by atoms with Crippen molar-refractivity contribution in [2.75, 3.05) is 6.54 Å². The first-order valence-electron chi connectivity index (χ1n) is 3.72. The molecule has 0 aliphatic heterocycles. The zero-order chi connectivity index (χ0) is 6.69. The van der Waals surface area contributed by atoms with E-state index in [9.17, 15) is 0 Å². The summed E-state index contributed by atoms with van der Waals surface area (Å²) in [6.45, 7) is 4.82. The molecular weight excluding hydrogens is 110 g/mol. The number of rotatable bonds is 2. The van der Waals surface area contributed by atoms with Crippen molar-refractivity contribution in [1.82, 2.24) is 0 Å². The van der Waals surface area contributed by atoms with E-state index in [1.54, 1.807) is 0 Å². The molecule has 9 heavy (non-hydrogen) atoms. The smallest absolute Gasteiger partial charge is 0.00716 e. The predicted octanol–water partition coefficient (Wildman–Crippen LogP) is 1.69. The second kappa shape index (κ2) is 3.02. The van der Waals surface area contributed by atoms with Crippen molar-refractivity contribution in [3.05, 3.63) is 12.2 Å². The van der Waals surface area contributed by atoms with Crippen LogP contribution in [0.1, 0.15) is 25.7 Å². The van der Waals surface area contributed by atoms with E-state index >= 15 is 0 Å². The SMILES string of the molecule is C=C1CCCC1CCN. The van der Waals surface area contributed by atoms with Gasteiger partial charge in [-0.25, -0.2) is 0 Å². The van der Waals surface area contributed by atoms with Crippen LogP contribution in [-0.2, 0) is 0 Å². The first-order chi connectivity index (χ1) is 4.34. The van der Waals surface area contributed by atoms with Gasteiger partial charge in [-0.3, -0.25) is 0 Å². The van der Waals surface area contributed by atoms with E-state index < -0.39 is 0 Å². The van der Waals surface area contributed by atoms with E-state index in [0.29, 0.717) is 0 Å². The highest BCUT2D eigenvalue weighted by molar-refractivity contribution is 5.05. The summed E-state index contributed by atoms with van der Waals surface area (Å²) in [6, 6.07) is 0. The number of allylic oxidation sites excluding steroid dienone is 1. The van der Waals surface area contributed by atoms with Gasteiger partial charge in [0.15, 0.2) is 0 Å². The minimum Gasteiger partial charge on any atom is -0.330 e. The van der Waals surface area contributed by atoms with Crippen LogP contribution in [0.4, 0.5) is 0 Å². The third-order valence-electron chi connectivity index (χ3n) is 2.14. The summed E-state index contributed by atoms with van der Waals surface area (Å²) in [5.74, 6) is 0.759. The zero-order valence-corrected chi connectivity index (χ0v) is 5.90. The Morgan fingerprint density at radius 2 is 2.44 bits per heavy atom. The van der Waals surface area contributed by atoms with Crippen LogP contribution in [0.25, 0.3) is 0 Å². The molecule has 0 saturated heterocycles. The number of hydrogen-bond acceptors (Lipinski definition) is 1. The van der Waals surface area contributed by atoms with Gasteiger partial charge in [-0.2, -0.15) is 0 Å². The van der Waals surface area contributed by atoms with Gasteiger partial charge in [-0.1, -0.05) is 12.2 Å². The molecule has 2 N–H and O–H groups in total. The summed E-state index contributed by atoms with van der Waals surface area (Å²) < 4.78 is 0. The molecule has 52 valence electrons. The summed E-state index contributed by atoms with van der Waals surface area (Å²) in [7, 11) is 0. The van der Waals surface area contributed by atoms with Crippen LogP contribution in [0.3, 0.4) is 0 Å². The van der Waals surface area contributed by atoms with Crippen LogP contribution in [0.5, 0.6) is 0 Å². The molecule has 1 saturated carbocycles. The molecule has 1 unspecified atom stereocenters. The van der Waals surface area contributed by atoms with Crippen LogP contribution in [-0.4, -0.2) is 6.54 Å². The average Bonchev–Trinajstić information content (AvgIpc) is 2.18. The van der Waals surface area contributed by atoms with Crippen molar-refractivity contribution in [3.63, 3.8) is 0 Å². The molecule has 0 aromatic carbocycles. The highest BCUT2D eigenvalue weighted by atomic mass is 14.5. The Balaban J connectivity index is 2.31. The third-order valence-corrected chi connectivity index (χ3v) is 2.14. The fourth-order valence-electron chi connectivity index (χ4n) is 1.53. The summed E-state index contributed by atoms with van der Waals surface area (Å²) in [6.07, 6.45) is 5.06. The molecule has 1 rings (SSSR count). The van der Waals surface area contributed by atoms with Gasteiger partial charge in [0, 0.05) is 0 Å². The lowest BCUT2D eigenvalue weighted by molar-refractivity contribution is 0.582. The van der Waals surface area contributed by atoms with E-state index in [1.807, 2.05) is 0 Å². The first-order valence-corrected chi connectivity index (χ1v) is 3.72. The minimum atomic E-state index is 0.759. The van der Waals surface area contributed by atoms with Gasteiger partial charge in [0.1, 0.15) is 0 Å². The van der Waals surface area contributed by atoms with Gasteiger partial charge in [0.05, 0.1) is 0 Å². The van der Waals surface area contributed by atoms with Crippen LogP contribution < -0.4 is 5.73 Å². The van der Waals surface area contributed by atoms with Gasteiger partial charge in [-0.05, 0) is 38.1 Å². The van der Waals surface area contributed by atoms with E-state index in [0.717, 1.165) is 18.9 Å². The third kappa shape index (κ3) is 1.55. The van der Waals surface area contributed by atoms with Gasteiger partial charge in [0.2, 0.25) is 0 Å². The molecule has 1 aliphatic rings. The fraction of sp³-hybridized carbons (Fsp3) is 0.750. The maximum atomic E-state index is 5.43. The average molecular weight is 125 g/mol. The second-order valence-electron chi connectivity index (χ2n) is 2.82. The van der Waals surface area contributed by atoms with Crippen LogP contribution >= 0.6 is 0 Å². The van der Waals surface area contributed by atoms with E-state index in [1.165, 1.54) is 24.8 Å².